The number of methoxy groups -OCH3 is 1. The van der Waals surface area contributed by atoms with Gasteiger partial charge in [-0.05, 0) is 33.3 Å². The maximum absolute atomic E-state index is 13.0. The summed E-state index contributed by atoms with van der Waals surface area (Å²) in [6.45, 7) is 0. The van der Waals surface area contributed by atoms with Crippen molar-refractivity contribution in [1.29, 1.82) is 0 Å². The third kappa shape index (κ3) is 3.86. The number of carbonyl (C=O) groups excluding carboxylic acids is 1. The fourth-order valence-electron chi connectivity index (χ4n) is 4.30. The van der Waals surface area contributed by atoms with Gasteiger partial charge in [-0.2, -0.15) is 0 Å². The van der Waals surface area contributed by atoms with Crippen molar-refractivity contribution >= 4 is 24.6 Å². The number of amides is 1. The Hall–Kier alpha value is -3.62. The van der Waals surface area contributed by atoms with Crippen LogP contribution in [0.2, 0.25) is 0 Å². The molecule has 1 atom stereocenters. The van der Waals surface area contributed by atoms with Gasteiger partial charge in [-0.3, -0.25) is 4.90 Å². The Kier molecular flexibility index (Phi) is 5.98. The number of nitrogens with zero attached hydrogens (tertiary/aromatic N) is 1. The molecule has 1 amide bonds. The highest BCUT2D eigenvalue weighted by molar-refractivity contribution is 6.58. The number of benzene rings is 3. The van der Waals surface area contributed by atoms with Crippen LogP contribution in [-0.2, 0) is 16.0 Å². The fourth-order valence-corrected chi connectivity index (χ4v) is 4.30. The number of carboxylic acid groups (broad SMARTS) is 1. The Morgan fingerprint density at radius 2 is 1.47 bits per heavy atom. The first-order chi connectivity index (χ1) is 15.4. The first-order valence-electron chi connectivity index (χ1n) is 10.1. The van der Waals surface area contributed by atoms with Gasteiger partial charge >= 0.3 is 19.2 Å². The Morgan fingerprint density at radius 3 is 1.94 bits per heavy atom. The zero-order valence-corrected chi connectivity index (χ0v) is 17.4. The number of fused-ring (bicyclic) bond motifs is 3. The van der Waals surface area contributed by atoms with E-state index in [0.717, 1.165) is 22.3 Å². The summed E-state index contributed by atoms with van der Waals surface area (Å²) < 4.78 is 5.03. The molecule has 3 aromatic carbocycles. The molecule has 0 saturated carbocycles. The van der Waals surface area contributed by atoms with E-state index in [4.69, 9.17) is 4.74 Å². The predicted molar refractivity (Wildman–Crippen MR) is 119 cm³/mol. The van der Waals surface area contributed by atoms with Crippen LogP contribution >= 0.6 is 0 Å². The number of hydrogen-bond donors (Lipinski definition) is 3. The van der Waals surface area contributed by atoms with Gasteiger partial charge in [0.05, 0.1) is 13.2 Å². The third-order valence-corrected chi connectivity index (χ3v) is 5.79. The summed E-state index contributed by atoms with van der Waals surface area (Å²) in [5, 5.41) is 28.7. The Morgan fingerprint density at radius 1 is 0.938 bits per heavy atom. The van der Waals surface area contributed by atoms with Crippen LogP contribution in [0.1, 0.15) is 22.7 Å². The van der Waals surface area contributed by atoms with Gasteiger partial charge in [0.15, 0.2) is 0 Å². The largest absolute Gasteiger partial charge is 0.488 e. The molecule has 0 heterocycles. The smallest absolute Gasteiger partial charge is 0.480 e. The van der Waals surface area contributed by atoms with Crippen molar-refractivity contribution in [3.8, 4) is 11.1 Å². The van der Waals surface area contributed by atoms with Gasteiger partial charge < -0.3 is 19.9 Å². The highest BCUT2D eigenvalue weighted by Gasteiger charge is 2.42. The van der Waals surface area contributed by atoms with E-state index in [1.165, 1.54) is 24.1 Å². The van der Waals surface area contributed by atoms with Crippen molar-refractivity contribution in [3.05, 3.63) is 89.5 Å². The third-order valence-electron chi connectivity index (χ3n) is 5.79. The maximum atomic E-state index is 13.0. The zero-order chi connectivity index (χ0) is 22.8. The maximum Gasteiger partial charge on any atom is 0.488 e. The van der Waals surface area contributed by atoms with Gasteiger partial charge in [-0.15, -0.1) is 0 Å². The van der Waals surface area contributed by atoms with Crippen molar-refractivity contribution in [2.75, 3.05) is 7.11 Å². The summed E-state index contributed by atoms with van der Waals surface area (Å²) in [4.78, 5) is 26.6. The summed E-state index contributed by atoms with van der Waals surface area (Å²) >= 11 is 0. The van der Waals surface area contributed by atoms with Gasteiger partial charge in [0.25, 0.3) is 0 Å². The molecule has 0 radical (unpaired) electrons. The zero-order valence-electron chi connectivity index (χ0n) is 17.4. The number of carbonyl (C=O) groups is 2. The molecule has 0 aliphatic heterocycles. The standard InChI is InChI=1S/C24H22BNO6/c1-32-24(29)26(21(23(27)28)14-15-10-12-16(13-11-15)25(30)31)22-19-8-4-2-6-17(19)18-7-3-5-9-20(18)22/h2-13,21-22,30-31H,14H2,1H3,(H,27,28). The van der Waals surface area contributed by atoms with Gasteiger partial charge in [0.2, 0.25) is 0 Å². The van der Waals surface area contributed by atoms with E-state index in [0.29, 0.717) is 11.0 Å². The van der Waals surface area contributed by atoms with Crippen molar-refractivity contribution < 1.29 is 29.5 Å². The van der Waals surface area contributed by atoms with E-state index in [9.17, 15) is 24.7 Å². The monoisotopic (exact) mass is 431 g/mol. The van der Waals surface area contributed by atoms with Crippen LogP contribution in [0.25, 0.3) is 11.1 Å². The molecule has 0 bridgehead atoms. The van der Waals surface area contributed by atoms with Crippen LogP contribution in [0.3, 0.4) is 0 Å². The molecule has 8 heteroatoms. The van der Waals surface area contributed by atoms with Crippen LogP contribution < -0.4 is 5.46 Å². The van der Waals surface area contributed by atoms with Gasteiger partial charge in [-0.25, -0.2) is 9.59 Å². The molecule has 0 fully saturated rings. The lowest BCUT2D eigenvalue weighted by Crippen LogP contribution is -2.48. The minimum Gasteiger partial charge on any atom is -0.480 e. The number of hydrogen-bond acceptors (Lipinski definition) is 5. The number of rotatable bonds is 6. The van der Waals surface area contributed by atoms with Crippen LogP contribution in [0.5, 0.6) is 0 Å². The molecule has 1 aliphatic carbocycles. The fraction of sp³-hybridized carbons (Fsp3) is 0.167. The highest BCUT2D eigenvalue weighted by Crippen LogP contribution is 2.47. The summed E-state index contributed by atoms with van der Waals surface area (Å²) in [7, 11) is -0.379. The Labute approximate surface area is 185 Å². The van der Waals surface area contributed by atoms with Crippen molar-refractivity contribution in [2.45, 2.75) is 18.5 Å². The second kappa shape index (κ2) is 8.86. The minimum atomic E-state index is -1.61. The van der Waals surface area contributed by atoms with Crippen LogP contribution in [-0.4, -0.2) is 52.4 Å². The SMILES string of the molecule is COC(=O)N(C(Cc1ccc(B(O)O)cc1)C(=O)O)C1c2ccccc2-c2ccccc21. The second-order valence-electron chi connectivity index (χ2n) is 7.63. The van der Waals surface area contributed by atoms with Crippen molar-refractivity contribution in [3.63, 3.8) is 0 Å². The minimum absolute atomic E-state index is 0.0209. The molecule has 0 spiro atoms. The summed E-state index contributed by atoms with van der Waals surface area (Å²) in [6.07, 6.45) is -0.719. The molecule has 32 heavy (non-hydrogen) atoms. The van der Waals surface area contributed by atoms with Crippen LogP contribution in [0, 0.1) is 0 Å². The quantitative estimate of drug-likeness (QED) is 0.517. The van der Waals surface area contributed by atoms with Crippen LogP contribution in [0.15, 0.2) is 72.8 Å². The highest BCUT2D eigenvalue weighted by atomic mass is 16.5. The van der Waals surface area contributed by atoms with E-state index in [1.807, 2.05) is 48.5 Å². The van der Waals surface area contributed by atoms with E-state index in [2.05, 4.69) is 0 Å². The van der Waals surface area contributed by atoms with E-state index in [1.54, 1.807) is 12.1 Å². The first-order valence-corrected chi connectivity index (χ1v) is 10.1. The number of carboxylic acids is 1. The molecule has 0 saturated heterocycles. The molecule has 7 nitrogen and oxygen atoms in total. The van der Waals surface area contributed by atoms with Gasteiger partial charge in [-0.1, -0.05) is 72.8 Å². The lowest BCUT2D eigenvalue weighted by atomic mass is 9.80. The van der Waals surface area contributed by atoms with Crippen molar-refractivity contribution in [1.82, 2.24) is 4.90 Å². The van der Waals surface area contributed by atoms with E-state index in [-0.39, 0.29) is 6.42 Å². The molecule has 4 rings (SSSR count). The van der Waals surface area contributed by atoms with Crippen molar-refractivity contribution in [2.24, 2.45) is 0 Å². The van der Waals surface area contributed by atoms with Gasteiger partial charge in [0, 0.05) is 6.42 Å². The van der Waals surface area contributed by atoms with E-state index < -0.39 is 31.3 Å². The molecule has 3 aromatic rings. The number of aliphatic carboxylic acids is 1. The Bertz CT molecular complexity index is 1100. The molecule has 0 aromatic heterocycles. The normalized spacial score (nSPS) is 13.1. The lowest BCUT2D eigenvalue weighted by molar-refractivity contribution is -0.143. The molecule has 162 valence electrons. The molecule has 3 N–H and O–H groups in total. The summed E-state index contributed by atoms with van der Waals surface area (Å²) in [5.74, 6) is -1.16. The first kappa shape index (κ1) is 21.6. The molecular formula is C24H22BNO6. The summed E-state index contributed by atoms with van der Waals surface area (Å²) in [6, 6.07) is 19.7. The van der Waals surface area contributed by atoms with Crippen LogP contribution in [0.4, 0.5) is 4.79 Å². The van der Waals surface area contributed by atoms with Gasteiger partial charge in [0.1, 0.15) is 6.04 Å². The average molecular weight is 431 g/mol. The molecule has 1 unspecified atom stereocenters. The predicted octanol–water partition coefficient (Wildman–Crippen LogP) is 2.20. The van der Waals surface area contributed by atoms with E-state index >= 15 is 0 Å². The molecular weight excluding hydrogens is 409 g/mol. The second-order valence-corrected chi connectivity index (χ2v) is 7.63. The summed E-state index contributed by atoms with van der Waals surface area (Å²) in [5.41, 5.74) is 4.51. The number of ether oxygens (including phenoxy) is 1. The molecule has 1 aliphatic rings. The average Bonchev–Trinajstić information content (AvgIpc) is 3.13. The Balaban J connectivity index is 1.78. The lowest BCUT2D eigenvalue weighted by Gasteiger charge is -2.34. The topological polar surface area (TPSA) is 107 Å².